The van der Waals surface area contributed by atoms with Gasteiger partial charge in [0.1, 0.15) is 0 Å². The monoisotopic (exact) mass is 337 g/mol. The van der Waals surface area contributed by atoms with Crippen molar-refractivity contribution in [3.8, 4) is 6.07 Å². The highest BCUT2D eigenvalue weighted by molar-refractivity contribution is 5.80. The van der Waals surface area contributed by atoms with Crippen LogP contribution >= 0.6 is 0 Å². The number of carbonyl (C=O) groups is 2. The van der Waals surface area contributed by atoms with Crippen molar-refractivity contribution >= 4 is 11.9 Å². The van der Waals surface area contributed by atoms with Crippen LogP contribution < -0.4 is 0 Å². The number of hydrogen-bond donors (Lipinski definition) is 0. The van der Waals surface area contributed by atoms with E-state index in [0.29, 0.717) is 37.9 Å². The maximum atomic E-state index is 12.5. The van der Waals surface area contributed by atoms with Gasteiger partial charge in [-0.25, -0.2) is 0 Å². The zero-order chi connectivity index (χ0) is 17.9. The molecule has 1 aliphatic carbocycles. The molecule has 0 amide bonds. The number of ether oxygens (including phenoxy) is 2. The maximum absolute atomic E-state index is 12.5. The normalized spacial score (nSPS) is 18.4. The van der Waals surface area contributed by atoms with E-state index in [1.54, 1.807) is 13.8 Å². The summed E-state index contributed by atoms with van der Waals surface area (Å²) >= 11 is 0. The third-order valence-electron chi connectivity index (χ3n) is 5.21. The van der Waals surface area contributed by atoms with Crippen LogP contribution in [0.2, 0.25) is 0 Å². The molecule has 1 saturated carbocycles. The first-order chi connectivity index (χ1) is 11.5. The van der Waals surface area contributed by atoms with Gasteiger partial charge >= 0.3 is 11.9 Å². The molecule has 24 heavy (non-hydrogen) atoms. The van der Waals surface area contributed by atoms with Crippen molar-refractivity contribution in [3.63, 3.8) is 0 Å². The molecule has 0 spiro atoms. The van der Waals surface area contributed by atoms with E-state index in [1.165, 1.54) is 25.7 Å². The van der Waals surface area contributed by atoms with Gasteiger partial charge in [0.25, 0.3) is 0 Å². The standard InChI is InChI=1S/C19H31NO4/c1-4-23-18(21)13-17(19(22)24-5-2)16(11-8-12-20)14(3)15-9-6-7-10-15/h14-17H,4-11,13H2,1-3H3. The summed E-state index contributed by atoms with van der Waals surface area (Å²) in [6, 6.07) is 2.18. The van der Waals surface area contributed by atoms with E-state index >= 15 is 0 Å². The topological polar surface area (TPSA) is 76.4 Å². The largest absolute Gasteiger partial charge is 0.466 e. The van der Waals surface area contributed by atoms with Crippen molar-refractivity contribution in [1.29, 1.82) is 5.26 Å². The summed E-state index contributed by atoms with van der Waals surface area (Å²) in [6.07, 6.45) is 5.83. The lowest BCUT2D eigenvalue weighted by molar-refractivity contribution is -0.158. The van der Waals surface area contributed by atoms with Crippen LogP contribution in [0.25, 0.3) is 0 Å². The van der Waals surface area contributed by atoms with Crippen LogP contribution in [0.1, 0.15) is 65.7 Å². The molecule has 3 unspecified atom stereocenters. The Bertz CT molecular complexity index is 437. The van der Waals surface area contributed by atoms with E-state index in [2.05, 4.69) is 13.0 Å². The van der Waals surface area contributed by atoms with Crippen LogP contribution in [0.4, 0.5) is 0 Å². The summed E-state index contributed by atoms with van der Waals surface area (Å²) in [4.78, 5) is 24.5. The second-order valence-corrected chi connectivity index (χ2v) is 6.63. The quantitative estimate of drug-likeness (QED) is 0.566. The van der Waals surface area contributed by atoms with Gasteiger partial charge in [-0.3, -0.25) is 9.59 Å². The van der Waals surface area contributed by atoms with E-state index in [9.17, 15) is 9.59 Å². The molecule has 0 aromatic rings. The van der Waals surface area contributed by atoms with Crippen LogP contribution in [0, 0.1) is 35.0 Å². The number of rotatable bonds is 10. The number of nitrogens with zero attached hydrogens (tertiary/aromatic N) is 1. The Balaban J connectivity index is 2.95. The molecule has 0 radical (unpaired) electrons. The average molecular weight is 337 g/mol. The maximum Gasteiger partial charge on any atom is 0.309 e. The third-order valence-corrected chi connectivity index (χ3v) is 5.21. The van der Waals surface area contributed by atoms with Crippen molar-refractivity contribution < 1.29 is 19.1 Å². The molecule has 0 aromatic heterocycles. The Morgan fingerprint density at radius 1 is 1.17 bits per heavy atom. The molecule has 0 heterocycles. The molecule has 1 fully saturated rings. The Morgan fingerprint density at radius 2 is 1.79 bits per heavy atom. The first-order valence-corrected chi connectivity index (χ1v) is 9.24. The number of nitriles is 1. The molecule has 0 aliphatic heterocycles. The van der Waals surface area contributed by atoms with Crippen LogP contribution in [-0.2, 0) is 19.1 Å². The van der Waals surface area contributed by atoms with Gasteiger partial charge in [0, 0.05) is 6.42 Å². The lowest BCUT2D eigenvalue weighted by Crippen LogP contribution is -2.34. The minimum absolute atomic E-state index is 0.0174. The lowest BCUT2D eigenvalue weighted by atomic mass is 9.72. The van der Waals surface area contributed by atoms with Gasteiger partial charge in [-0.2, -0.15) is 5.26 Å². The molecule has 5 nitrogen and oxygen atoms in total. The minimum atomic E-state index is -0.520. The zero-order valence-electron chi connectivity index (χ0n) is 15.3. The first kappa shape index (κ1) is 20.5. The molecule has 0 bridgehead atoms. The number of esters is 2. The zero-order valence-corrected chi connectivity index (χ0v) is 15.3. The second kappa shape index (κ2) is 11.1. The summed E-state index contributed by atoms with van der Waals surface area (Å²) < 4.78 is 10.3. The van der Waals surface area contributed by atoms with Crippen LogP contribution in [0.3, 0.4) is 0 Å². The van der Waals surface area contributed by atoms with Crippen molar-refractivity contribution in [2.45, 2.75) is 65.7 Å². The molecule has 136 valence electrons. The highest BCUT2D eigenvalue weighted by atomic mass is 16.5. The fourth-order valence-corrected chi connectivity index (χ4v) is 3.95. The fraction of sp³-hybridized carbons (Fsp3) is 0.842. The molecule has 3 atom stereocenters. The van der Waals surface area contributed by atoms with Gasteiger partial charge in [-0.15, -0.1) is 0 Å². The summed E-state index contributed by atoms with van der Waals surface area (Å²) in [5.41, 5.74) is 0. The Morgan fingerprint density at radius 3 is 2.33 bits per heavy atom. The van der Waals surface area contributed by atoms with Crippen molar-refractivity contribution in [2.75, 3.05) is 13.2 Å². The predicted octanol–water partition coefficient (Wildman–Crippen LogP) is 3.87. The highest BCUT2D eigenvalue weighted by Crippen LogP contribution is 2.40. The van der Waals surface area contributed by atoms with Gasteiger partial charge in [-0.1, -0.05) is 32.6 Å². The summed E-state index contributed by atoms with van der Waals surface area (Å²) in [7, 11) is 0. The molecular weight excluding hydrogens is 306 g/mol. The van der Waals surface area contributed by atoms with E-state index in [1.807, 2.05) is 0 Å². The van der Waals surface area contributed by atoms with Gasteiger partial charge in [0.05, 0.1) is 31.6 Å². The Kier molecular flexibility index (Phi) is 9.44. The second-order valence-electron chi connectivity index (χ2n) is 6.63. The smallest absolute Gasteiger partial charge is 0.309 e. The van der Waals surface area contributed by atoms with Crippen molar-refractivity contribution in [2.24, 2.45) is 23.7 Å². The van der Waals surface area contributed by atoms with Crippen molar-refractivity contribution in [3.05, 3.63) is 0 Å². The summed E-state index contributed by atoms with van der Waals surface area (Å²) in [5, 5.41) is 8.99. The third kappa shape index (κ3) is 6.14. The average Bonchev–Trinajstić information content (AvgIpc) is 3.08. The Hall–Kier alpha value is -1.57. The molecule has 0 saturated heterocycles. The number of carbonyl (C=O) groups excluding carboxylic acids is 2. The highest BCUT2D eigenvalue weighted by Gasteiger charge is 2.38. The van der Waals surface area contributed by atoms with Gasteiger partial charge in [0.2, 0.25) is 0 Å². The molecule has 0 aromatic carbocycles. The van der Waals surface area contributed by atoms with Gasteiger partial charge < -0.3 is 9.47 Å². The number of hydrogen-bond acceptors (Lipinski definition) is 5. The summed E-state index contributed by atoms with van der Waals surface area (Å²) in [6.45, 7) is 6.28. The van der Waals surface area contributed by atoms with Crippen LogP contribution in [0.15, 0.2) is 0 Å². The van der Waals surface area contributed by atoms with E-state index in [4.69, 9.17) is 14.7 Å². The Labute approximate surface area is 145 Å². The molecule has 1 aliphatic rings. The molecule has 5 heteroatoms. The molecular formula is C19H31NO4. The van der Waals surface area contributed by atoms with E-state index in [-0.39, 0.29) is 24.3 Å². The van der Waals surface area contributed by atoms with E-state index < -0.39 is 5.92 Å². The van der Waals surface area contributed by atoms with Gasteiger partial charge in [0.15, 0.2) is 0 Å². The lowest BCUT2D eigenvalue weighted by Gasteiger charge is -2.33. The van der Waals surface area contributed by atoms with Crippen LogP contribution in [0.5, 0.6) is 0 Å². The molecule has 1 rings (SSSR count). The molecule has 0 N–H and O–H groups in total. The first-order valence-electron chi connectivity index (χ1n) is 9.24. The fourth-order valence-electron chi connectivity index (χ4n) is 3.95. The van der Waals surface area contributed by atoms with Gasteiger partial charge in [-0.05, 0) is 38.0 Å². The van der Waals surface area contributed by atoms with E-state index in [0.717, 1.165) is 0 Å². The van der Waals surface area contributed by atoms with Crippen LogP contribution in [-0.4, -0.2) is 25.2 Å². The summed E-state index contributed by atoms with van der Waals surface area (Å²) in [5.74, 6) is -0.379. The SMILES string of the molecule is CCOC(=O)CC(C(=O)OCC)C(CCC#N)C(C)C1CCCC1. The van der Waals surface area contributed by atoms with Crippen molar-refractivity contribution in [1.82, 2.24) is 0 Å². The minimum Gasteiger partial charge on any atom is -0.466 e. The predicted molar refractivity (Wildman–Crippen MR) is 90.8 cm³/mol.